The largest absolute Gasteiger partial charge is 0.416 e. The molecule has 4 aromatic rings. The van der Waals surface area contributed by atoms with Crippen molar-refractivity contribution in [3.63, 3.8) is 0 Å². The predicted molar refractivity (Wildman–Crippen MR) is 137 cm³/mol. The Labute approximate surface area is 220 Å². The molecular formula is C26H28F3N7O3. The lowest BCUT2D eigenvalue weighted by Gasteiger charge is -2.23. The van der Waals surface area contributed by atoms with Crippen LogP contribution in [-0.2, 0) is 24.1 Å². The van der Waals surface area contributed by atoms with Crippen LogP contribution in [0.25, 0.3) is 22.6 Å². The first kappa shape index (κ1) is 26.4. The minimum atomic E-state index is -4.54. The maximum atomic E-state index is 13.5. The molecule has 1 amide bonds. The van der Waals surface area contributed by atoms with Gasteiger partial charge in [0.1, 0.15) is 11.3 Å². The number of nitrogens with one attached hydrogen (secondary N) is 2. The summed E-state index contributed by atoms with van der Waals surface area (Å²) in [4.78, 5) is 46.3. The SMILES string of the molecule is CCCn1c(=O)c2[nH]c(-c3cnn(C(c4cccc(C(F)(F)F)c4)C4CCNC4=O)c3)nc2n(CCC)c1=O. The molecule has 0 bridgehead atoms. The molecule has 13 heteroatoms. The number of carbonyl (C=O) groups excluding carboxylic acids is 1. The van der Waals surface area contributed by atoms with Crippen LogP contribution in [0.4, 0.5) is 13.2 Å². The summed E-state index contributed by atoms with van der Waals surface area (Å²) in [5.74, 6) is -0.614. The molecule has 1 aliphatic rings. The quantitative estimate of drug-likeness (QED) is 0.353. The molecule has 0 aliphatic carbocycles. The molecule has 1 saturated heterocycles. The number of aromatic amines is 1. The first-order valence-corrected chi connectivity index (χ1v) is 12.9. The predicted octanol–water partition coefficient (Wildman–Crippen LogP) is 3.31. The Balaban J connectivity index is 1.62. The van der Waals surface area contributed by atoms with E-state index in [1.165, 1.54) is 26.1 Å². The Kier molecular flexibility index (Phi) is 6.91. The van der Waals surface area contributed by atoms with E-state index in [4.69, 9.17) is 0 Å². The van der Waals surface area contributed by atoms with E-state index in [1.807, 2.05) is 13.8 Å². The van der Waals surface area contributed by atoms with Crippen LogP contribution in [-0.4, -0.2) is 41.3 Å². The van der Waals surface area contributed by atoms with Gasteiger partial charge in [0.25, 0.3) is 5.56 Å². The van der Waals surface area contributed by atoms with Gasteiger partial charge in [-0.15, -0.1) is 0 Å². The number of nitrogens with zero attached hydrogens (tertiary/aromatic N) is 5. The van der Waals surface area contributed by atoms with Gasteiger partial charge in [0, 0.05) is 25.8 Å². The second-order valence-electron chi connectivity index (χ2n) is 9.64. The van der Waals surface area contributed by atoms with Gasteiger partial charge < -0.3 is 10.3 Å². The van der Waals surface area contributed by atoms with E-state index in [9.17, 15) is 27.6 Å². The lowest BCUT2D eigenvalue weighted by Crippen LogP contribution is -2.40. The molecule has 0 spiro atoms. The highest BCUT2D eigenvalue weighted by molar-refractivity contribution is 5.81. The minimum absolute atomic E-state index is 0.184. The monoisotopic (exact) mass is 543 g/mol. The first-order valence-electron chi connectivity index (χ1n) is 12.9. The Morgan fingerprint density at radius 3 is 2.51 bits per heavy atom. The van der Waals surface area contributed by atoms with Gasteiger partial charge in [-0.1, -0.05) is 26.0 Å². The van der Waals surface area contributed by atoms with Gasteiger partial charge >= 0.3 is 11.9 Å². The highest BCUT2D eigenvalue weighted by Crippen LogP contribution is 2.36. The van der Waals surface area contributed by atoms with Gasteiger partial charge in [-0.25, -0.2) is 9.78 Å². The van der Waals surface area contributed by atoms with Crippen molar-refractivity contribution in [2.75, 3.05) is 6.54 Å². The van der Waals surface area contributed by atoms with E-state index in [-0.39, 0.29) is 29.4 Å². The molecule has 10 nitrogen and oxygen atoms in total. The number of H-pyrrole nitrogens is 1. The number of rotatable bonds is 8. The van der Waals surface area contributed by atoms with Crippen molar-refractivity contribution < 1.29 is 18.0 Å². The third-order valence-corrected chi connectivity index (χ3v) is 6.94. The molecule has 1 fully saturated rings. The average Bonchev–Trinajstić information content (AvgIpc) is 3.65. The number of carbonyl (C=O) groups is 1. The summed E-state index contributed by atoms with van der Waals surface area (Å²) < 4.78 is 44.5. The average molecular weight is 544 g/mol. The Morgan fingerprint density at radius 1 is 1.10 bits per heavy atom. The summed E-state index contributed by atoms with van der Waals surface area (Å²) in [5, 5.41) is 7.15. The molecule has 3 aromatic heterocycles. The topological polar surface area (TPSA) is 120 Å². The molecule has 0 saturated carbocycles. The van der Waals surface area contributed by atoms with E-state index < -0.39 is 34.9 Å². The van der Waals surface area contributed by atoms with Gasteiger partial charge in [-0.3, -0.25) is 23.4 Å². The fourth-order valence-corrected chi connectivity index (χ4v) is 5.14. The second-order valence-corrected chi connectivity index (χ2v) is 9.64. The second kappa shape index (κ2) is 10.2. The fourth-order valence-electron chi connectivity index (χ4n) is 5.14. The van der Waals surface area contributed by atoms with Crippen LogP contribution < -0.4 is 16.6 Å². The van der Waals surface area contributed by atoms with E-state index in [2.05, 4.69) is 20.4 Å². The van der Waals surface area contributed by atoms with Crippen molar-refractivity contribution in [3.05, 3.63) is 68.6 Å². The van der Waals surface area contributed by atoms with Gasteiger partial charge in [0.15, 0.2) is 5.65 Å². The summed E-state index contributed by atoms with van der Waals surface area (Å²) in [6.07, 6.45) is 0.202. The van der Waals surface area contributed by atoms with Crippen LogP contribution in [0.5, 0.6) is 0 Å². The number of aromatic nitrogens is 6. The molecule has 4 heterocycles. The number of aryl methyl sites for hydroxylation is 1. The number of amides is 1. The fraction of sp³-hybridized carbons (Fsp3) is 0.423. The minimum Gasteiger partial charge on any atom is -0.356 e. The van der Waals surface area contributed by atoms with Crippen molar-refractivity contribution in [1.82, 2.24) is 34.2 Å². The van der Waals surface area contributed by atoms with Crippen molar-refractivity contribution in [2.45, 2.75) is 58.4 Å². The van der Waals surface area contributed by atoms with E-state index >= 15 is 0 Å². The third kappa shape index (κ3) is 4.77. The van der Waals surface area contributed by atoms with Gasteiger partial charge in [-0.2, -0.15) is 18.3 Å². The van der Waals surface area contributed by atoms with Crippen molar-refractivity contribution in [1.29, 1.82) is 0 Å². The summed E-state index contributed by atoms with van der Waals surface area (Å²) in [5.41, 5.74) is -0.550. The van der Waals surface area contributed by atoms with Crippen LogP contribution in [0.2, 0.25) is 0 Å². The van der Waals surface area contributed by atoms with Crippen LogP contribution in [0, 0.1) is 5.92 Å². The highest BCUT2D eigenvalue weighted by atomic mass is 19.4. The van der Waals surface area contributed by atoms with Crippen LogP contribution in [0.1, 0.15) is 50.3 Å². The van der Waals surface area contributed by atoms with Crippen molar-refractivity contribution in [2.24, 2.45) is 5.92 Å². The van der Waals surface area contributed by atoms with Crippen LogP contribution in [0.15, 0.2) is 46.2 Å². The van der Waals surface area contributed by atoms with Crippen LogP contribution >= 0.6 is 0 Å². The molecule has 2 unspecified atom stereocenters. The van der Waals surface area contributed by atoms with Crippen molar-refractivity contribution >= 4 is 17.1 Å². The maximum absolute atomic E-state index is 13.5. The maximum Gasteiger partial charge on any atom is 0.416 e. The van der Waals surface area contributed by atoms with Gasteiger partial charge in [0.2, 0.25) is 5.91 Å². The first-order chi connectivity index (χ1) is 18.6. The molecular weight excluding hydrogens is 515 g/mol. The third-order valence-electron chi connectivity index (χ3n) is 6.94. The van der Waals surface area contributed by atoms with E-state index in [0.29, 0.717) is 43.5 Å². The zero-order valence-corrected chi connectivity index (χ0v) is 21.5. The summed E-state index contributed by atoms with van der Waals surface area (Å²) in [7, 11) is 0. The summed E-state index contributed by atoms with van der Waals surface area (Å²) in [6.45, 7) is 4.84. The molecule has 5 rings (SSSR count). The summed E-state index contributed by atoms with van der Waals surface area (Å²) >= 11 is 0. The number of alkyl halides is 3. The van der Waals surface area contributed by atoms with E-state index in [0.717, 1.165) is 12.1 Å². The number of halogens is 3. The number of benzene rings is 1. The smallest absolute Gasteiger partial charge is 0.356 e. The molecule has 39 heavy (non-hydrogen) atoms. The van der Waals surface area contributed by atoms with Crippen LogP contribution in [0.3, 0.4) is 0 Å². The Hall–Kier alpha value is -4.16. The molecule has 2 N–H and O–H groups in total. The standard InChI is InChI=1S/C26H28F3N7O3/c1-3-10-34-22-19(24(38)35(11-4-2)25(34)39)32-21(33-22)16-13-31-36(14-16)20(18-8-9-30-23(18)37)15-6-5-7-17(12-15)26(27,28)29/h5-7,12-14,18,20H,3-4,8-11H2,1-2H3,(H,30,37)(H,32,33). The number of hydrogen-bond acceptors (Lipinski definition) is 5. The van der Waals surface area contributed by atoms with E-state index in [1.54, 1.807) is 12.3 Å². The number of hydrogen-bond donors (Lipinski definition) is 2. The Bertz CT molecular complexity index is 1650. The number of fused-ring (bicyclic) bond motifs is 1. The highest BCUT2D eigenvalue weighted by Gasteiger charge is 2.37. The Morgan fingerprint density at radius 2 is 1.85 bits per heavy atom. The lowest BCUT2D eigenvalue weighted by atomic mass is 9.91. The zero-order chi connectivity index (χ0) is 27.9. The summed E-state index contributed by atoms with van der Waals surface area (Å²) in [6, 6.07) is 4.09. The molecule has 1 aromatic carbocycles. The molecule has 0 radical (unpaired) electrons. The molecule has 2 atom stereocenters. The number of imidazole rings is 1. The van der Waals surface area contributed by atoms with Crippen molar-refractivity contribution in [3.8, 4) is 11.4 Å². The zero-order valence-electron chi connectivity index (χ0n) is 21.5. The lowest BCUT2D eigenvalue weighted by molar-refractivity contribution is -0.137. The van der Waals surface area contributed by atoms with Gasteiger partial charge in [-0.05, 0) is 37.0 Å². The normalized spacial score (nSPS) is 16.6. The molecule has 1 aliphatic heterocycles. The molecule has 206 valence electrons. The van der Waals surface area contributed by atoms with Gasteiger partial charge in [0.05, 0.1) is 29.3 Å².